The van der Waals surface area contributed by atoms with Gasteiger partial charge in [-0.05, 0) is 55.0 Å². The minimum atomic E-state index is -0.396. The Hall–Kier alpha value is -3.84. The predicted octanol–water partition coefficient (Wildman–Crippen LogP) is 5.36. The van der Waals surface area contributed by atoms with Crippen molar-refractivity contribution in [3.8, 4) is 0 Å². The number of benzene rings is 3. The zero-order valence-electron chi connectivity index (χ0n) is 17.1. The van der Waals surface area contributed by atoms with E-state index in [1.165, 1.54) is 0 Å². The summed E-state index contributed by atoms with van der Waals surface area (Å²) in [6, 6.07) is 20.3. The first kappa shape index (κ1) is 21.4. The number of rotatable bonds is 5. The number of halogens is 1. The smallest absolute Gasteiger partial charge is 0.322 e. The minimum Gasteiger partial charge on any atom is -0.322 e. The van der Waals surface area contributed by atoms with E-state index in [9.17, 15) is 14.4 Å². The number of nitrogens with zero attached hydrogens (tertiary/aromatic N) is 1. The lowest BCUT2D eigenvalue weighted by atomic mass is 10.1. The Kier molecular flexibility index (Phi) is 6.37. The van der Waals surface area contributed by atoms with E-state index in [0.29, 0.717) is 46.3 Å². The van der Waals surface area contributed by atoms with Crippen molar-refractivity contribution < 1.29 is 14.4 Å². The van der Waals surface area contributed by atoms with Gasteiger partial charge < -0.3 is 20.9 Å². The van der Waals surface area contributed by atoms with E-state index < -0.39 is 6.03 Å². The molecule has 4 rings (SSSR count). The third kappa shape index (κ3) is 5.07. The number of carbonyl (C=O) groups is 3. The van der Waals surface area contributed by atoms with Gasteiger partial charge in [0.2, 0.25) is 5.91 Å². The maximum atomic E-state index is 13.0. The highest BCUT2D eigenvalue weighted by Gasteiger charge is 2.26. The number of amides is 4. The summed E-state index contributed by atoms with van der Waals surface area (Å²) in [6.45, 7) is 0.551. The molecular weight excluding hydrogens is 428 g/mol. The highest BCUT2D eigenvalue weighted by atomic mass is 35.5. The number of hydrogen-bond donors (Lipinski definition) is 3. The van der Waals surface area contributed by atoms with Crippen LogP contribution in [0.25, 0.3) is 0 Å². The molecule has 1 aliphatic rings. The van der Waals surface area contributed by atoms with E-state index in [1.54, 1.807) is 59.5 Å². The monoisotopic (exact) mass is 448 g/mol. The summed E-state index contributed by atoms with van der Waals surface area (Å²) in [6.07, 6.45) is 1.19. The van der Waals surface area contributed by atoms with Crippen LogP contribution in [0.2, 0.25) is 5.02 Å². The number of para-hydroxylation sites is 1. The molecule has 0 spiro atoms. The molecule has 0 bridgehead atoms. The van der Waals surface area contributed by atoms with Gasteiger partial charge in [-0.15, -0.1) is 0 Å². The summed E-state index contributed by atoms with van der Waals surface area (Å²) >= 11 is 6.12. The molecule has 32 heavy (non-hydrogen) atoms. The van der Waals surface area contributed by atoms with Crippen molar-refractivity contribution in [1.29, 1.82) is 0 Å². The van der Waals surface area contributed by atoms with Crippen molar-refractivity contribution in [2.45, 2.75) is 12.8 Å². The Morgan fingerprint density at radius 2 is 1.50 bits per heavy atom. The van der Waals surface area contributed by atoms with Gasteiger partial charge in [0.25, 0.3) is 5.91 Å². The number of hydrogen-bond acceptors (Lipinski definition) is 3. The van der Waals surface area contributed by atoms with E-state index in [0.717, 1.165) is 6.42 Å². The first-order valence-corrected chi connectivity index (χ1v) is 10.5. The second-order valence-electron chi connectivity index (χ2n) is 7.29. The van der Waals surface area contributed by atoms with Crippen molar-refractivity contribution in [3.63, 3.8) is 0 Å². The van der Waals surface area contributed by atoms with E-state index in [-0.39, 0.29) is 11.8 Å². The molecule has 8 heteroatoms. The zero-order valence-corrected chi connectivity index (χ0v) is 17.9. The molecule has 1 saturated heterocycles. The maximum absolute atomic E-state index is 13.0. The molecule has 3 aromatic rings. The number of carbonyl (C=O) groups excluding carboxylic acids is 3. The topological polar surface area (TPSA) is 90.5 Å². The Labute approximate surface area is 190 Å². The highest BCUT2D eigenvalue weighted by Crippen LogP contribution is 2.29. The van der Waals surface area contributed by atoms with Crippen LogP contribution in [-0.2, 0) is 4.79 Å². The van der Waals surface area contributed by atoms with Gasteiger partial charge in [0.1, 0.15) is 0 Å². The lowest BCUT2D eigenvalue weighted by Crippen LogP contribution is -2.27. The molecule has 162 valence electrons. The van der Waals surface area contributed by atoms with Crippen molar-refractivity contribution >= 4 is 52.2 Å². The molecule has 0 aromatic heterocycles. The standard InChI is InChI=1S/C24H21ClN4O3/c25-16-11-12-20(21(14-16)29-13-5-10-22(29)30)23(31)26-18-8-4-9-19(15-18)28-24(32)27-17-6-2-1-3-7-17/h1-4,6-9,11-12,14-15H,5,10,13H2,(H,26,31)(H2,27,28,32). The second-order valence-corrected chi connectivity index (χ2v) is 7.73. The van der Waals surface area contributed by atoms with Crippen LogP contribution in [0.4, 0.5) is 27.5 Å². The van der Waals surface area contributed by atoms with Crippen LogP contribution in [-0.4, -0.2) is 24.4 Å². The molecule has 7 nitrogen and oxygen atoms in total. The average molecular weight is 449 g/mol. The Morgan fingerprint density at radius 3 is 2.22 bits per heavy atom. The Morgan fingerprint density at radius 1 is 0.812 bits per heavy atom. The molecule has 0 radical (unpaired) electrons. The summed E-state index contributed by atoms with van der Waals surface area (Å²) in [4.78, 5) is 39.0. The largest absolute Gasteiger partial charge is 0.323 e. The van der Waals surface area contributed by atoms with Gasteiger partial charge in [0.05, 0.1) is 11.3 Å². The van der Waals surface area contributed by atoms with Crippen LogP contribution < -0.4 is 20.9 Å². The molecular formula is C24H21ClN4O3. The average Bonchev–Trinajstić information content (AvgIpc) is 3.20. The van der Waals surface area contributed by atoms with Crippen LogP contribution in [0.5, 0.6) is 0 Å². The van der Waals surface area contributed by atoms with Gasteiger partial charge in [-0.1, -0.05) is 35.9 Å². The van der Waals surface area contributed by atoms with Crippen molar-refractivity contribution in [1.82, 2.24) is 0 Å². The molecule has 4 amide bonds. The molecule has 1 aliphatic heterocycles. The van der Waals surface area contributed by atoms with Crippen LogP contribution in [0.1, 0.15) is 23.2 Å². The van der Waals surface area contributed by atoms with E-state index in [1.807, 2.05) is 18.2 Å². The third-order valence-corrected chi connectivity index (χ3v) is 5.21. The predicted molar refractivity (Wildman–Crippen MR) is 127 cm³/mol. The fraction of sp³-hybridized carbons (Fsp3) is 0.125. The zero-order chi connectivity index (χ0) is 22.5. The van der Waals surface area contributed by atoms with Crippen molar-refractivity contribution in [2.24, 2.45) is 0 Å². The molecule has 0 atom stereocenters. The van der Waals surface area contributed by atoms with Crippen LogP contribution in [0.15, 0.2) is 72.8 Å². The van der Waals surface area contributed by atoms with E-state index in [4.69, 9.17) is 11.6 Å². The first-order chi connectivity index (χ1) is 15.5. The number of urea groups is 1. The lowest BCUT2D eigenvalue weighted by molar-refractivity contribution is -0.117. The molecule has 3 aromatic carbocycles. The summed E-state index contributed by atoms with van der Waals surface area (Å²) in [5.74, 6) is -0.404. The van der Waals surface area contributed by atoms with Gasteiger partial charge in [-0.25, -0.2) is 4.79 Å². The van der Waals surface area contributed by atoms with Crippen molar-refractivity contribution in [3.05, 3.63) is 83.4 Å². The molecule has 3 N–H and O–H groups in total. The van der Waals surface area contributed by atoms with E-state index in [2.05, 4.69) is 16.0 Å². The fourth-order valence-corrected chi connectivity index (χ4v) is 3.68. The molecule has 0 unspecified atom stereocenters. The Bertz CT molecular complexity index is 1170. The van der Waals surface area contributed by atoms with E-state index >= 15 is 0 Å². The normalized spacial score (nSPS) is 13.0. The number of nitrogens with one attached hydrogen (secondary N) is 3. The van der Waals surface area contributed by atoms with Gasteiger partial charge in [0, 0.05) is 35.1 Å². The minimum absolute atomic E-state index is 0.0306. The fourth-order valence-electron chi connectivity index (χ4n) is 3.51. The maximum Gasteiger partial charge on any atom is 0.323 e. The Balaban J connectivity index is 1.47. The summed E-state index contributed by atoms with van der Waals surface area (Å²) in [5.41, 5.74) is 2.53. The van der Waals surface area contributed by atoms with Gasteiger partial charge >= 0.3 is 6.03 Å². The third-order valence-electron chi connectivity index (χ3n) is 4.98. The van der Waals surface area contributed by atoms with Crippen LogP contribution in [0.3, 0.4) is 0 Å². The lowest BCUT2D eigenvalue weighted by Gasteiger charge is -2.20. The van der Waals surface area contributed by atoms with Gasteiger partial charge in [0.15, 0.2) is 0 Å². The first-order valence-electron chi connectivity index (χ1n) is 10.1. The van der Waals surface area contributed by atoms with Gasteiger partial charge in [-0.2, -0.15) is 0 Å². The van der Waals surface area contributed by atoms with Crippen molar-refractivity contribution in [2.75, 3.05) is 27.4 Å². The SMILES string of the molecule is O=C(Nc1ccccc1)Nc1cccc(NC(=O)c2ccc(Cl)cc2N2CCCC2=O)c1. The van der Waals surface area contributed by atoms with Crippen LogP contribution in [0, 0.1) is 0 Å². The second kappa shape index (κ2) is 9.53. The van der Waals surface area contributed by atoms with Gasteiger partial charge in [-0.3, -0.25) is 9.59 Å². The molecule has 0 saturated carbocycles. The highest BCUT2D eigenvalue weighted by molar-refractivity contribution is 6.31. The quantitative estimate of drug-likeness (QED) is 0.490. The summed E-state index contributed by atoms with van der Waals surface area (Å²) in [7, 11) is 0. The van der Waals surface area contributed by atoms with Crippen LogP contribution >= 0.6 is 11.6 Å². The summed E-state index contributed by atoms with van der Waals surface area (Å²) < 4.78 is 0. The number of anilines is 4. The molecule has 1 fully saturated rings. The summed E-state index contributed by atoms with van der Waals surface area (Å²) in [5, 5.41) is 8.76. The molecule has 0 aliphatic carbocycles. The molecule has 1 heterocycles.